The van der Waals surface area contributed by atoms with Crippen LogP contribution in [0.2, 0.25) is 0 Å². The van der Waals surface area contributed by atoms with Crippen LogP contribution in [-0.2, 0) is 0 Å². The van der Waals surface area contributed by atoms with E-state index >= 15 is 0 Å². The molecule has 1 aromatic carbocycles. The van der Waals surface area contributed by atoms with Crippen LogP contribution >= 0.6 is 0 Å². The first-order chi connectivity index (χ1) is 9.09. The van der Waals surface area contributed by atoms with Gasteiger partial charge in [0, 0.05) is 6.20 Å². The average Bonchev–Trinajstić information content (AvgIpc) is 2.39. The molecule has 1 atom stereocenters. The van der Waals surface area contributed by atoms with Crippen LogP contribution in [-0.4, -0.2) is 16.1 Å². The highest BCUT2D eigenvalue weighted by atomic mass is 16.5. The summed E-state index contributed by atoms with van der Waals surface area (Å²) in [5.41, 5.74) is 1.73. The summed E-state index contributed by atoms with van der Waals surface area (Å²) in [5.74, 6) is -0.871. The summed E-state index contributed by atoms with van der Waals surface area (Å²) in [7, 11) is 0. The van der Waals surface area contributed by atoms with Crippen LogP contribution in [0.3, 0.4) is 0 Å². The summed E-state index contributed by atoms with van der Waals surface area (Å²) in [6.45, 7) is 3.59. The van der Waals surface area contributed by atoms with Crippen LogP contribution in [0.4, 0.5) is 0 Å². The van der Waals surface area contributed by atoms with Gasteiger partial charge in [-0.05, 0) is 31.0 Å². The van der Waals surface area contributed by atoms with Crippen molar-refractivity contribution in [3.05, 3.63) is 59.3 Å². The molecule has 98 valence electrons. The second kappa shape index (κ2) is 5.52. The second-order valence-corrected chi connectivity index (χ2v) is 4.28. The predicted octanol–water partition coefficient (Wildman–Crippen LogP) is 3.23. The van der Waals surface area contributed by atoms with Gasteiger partial charge in [-0.1, -0.05) is 30.3 Å². The van der Waals surface area contributed by atoms with Gasteiger partial charge in [0.2, 0.25) is 5.88 Å². The molecule has 0 fully saturated rings. The molecule has 1 unspecified atom stereocenters. The molecule has 0 spiro atoms. The van der Waals surface area contributed by atoms with Gasteiger partial charge in [0.1, 0.15) is 11.7 Å². The van der Waals surface area contributed by atoms with Crippen LogP contribution in [0, 0.1) is 6.92 Å². The topological polar surface area (TPSA) is 59.4 Å². The number of carboxylic acid groups (broad SMARTS) is 1. The summed E-state index contributed by atoms with van der Waals surface area (Å²) >= 11 is 0. The first kappa shape index (κ1) is 13.1. The Morgan fingerprint density at radius 3 is 2.58 bits per heavy atom. The number of rotatable bonds is 4. The molecule has 2 aromatic rings. The third kappa shape index (κ3) is 2.91. The minimum Gasteiger partial charge on any atom is -0.477 e. The molecule has 1 aromatic heterocycles. The number of aromatic carboxylic acids is 1. The standard InChI is InChI=1S/C15H15NO3/c1-10-8-9-16-14(13(10)15(17)18)19-11(2)12-6-4-3-5-7-12/h3-9,11H,1-2H3,(H,17,18). The second-order valence-electron chi connectivity index (χ2n) is 4.28. The third-order valence-electron chi connectivity index (χ3n) is 2.90. The molecule has 0 radical (unpaired) electrons. The van der Waals surface area contributed by atoms with Gasteiger partial charge < -0.3 is 9.84 Å². The van der Waals surface area contributed by atoms with Gasteiger partial charge in [0.25, 0.3) is 0 Å². The summed E-state index contributed by atoms with van der Waals surface area (Å²) in [6.07, 6.45) is 1.29. The number of aryl methyl sites for hydroxylation is 1. The Morgan fingerprint density at radius 1 is 1.26 bits per heavy atom. The molecule has 1 heterocycles. The van der Waals surface area contributed by atoms with Crippen molar-refractivity contribution < 1.29 is 14.6 Å². The number of hydrogen-bond acceptors (Lipinski definition) is 3. The zero-order valence-electron chi connectivity index (χ0n) is 10.8. The number of aromatic nitrogens is 1. The lowest BCUT2D eigenvalue weighted by atomic mass is 10.1. The number of carbonyl (C=O) groups is 1. The van der Waals surface area contributed by atoms with Gasteiger partial charge in [-0.3, -0.25) is 0 Å². The number of hydrogen-bond donors (Lipinski definition) is 1. The van der Waals surface area contributed by atoms with Gasteiger partial charge in [-0.2, -0.15) is 0 Å². The normalized spacial score (nSPS) is 11.9. The van der Waals surface area contributed by atoms with Crippen LogP contribution in [0.15, 0.2) is 42.6 Å². The van der Waals surface area contributed by atoms with Crippen molar-refractivity contribution in [2.45, 2.75) is 20.0 Å². The van der Waals surface area contributed by atoms with E-state index in [-0.39, 0.29) is 17.5 Å². The maximum Gasteiger partial charge on any atom is 0.341 e. The fourth-order valence-corrected chi connectivity index (χ4v) is 1.84. The fourth-order valence-electron chi connectivity index (χ4n) is 1.84. The van der Waals surface area contributed by atoms with Crippen LogP contribution in [0.25, 0.3) is 0 Å². The number of ether oxygens (including phenoxy) is 1. The minimum absolute atomic E-state index is 0.116. The zero-order chi connectivity index (χ0) is 13.8. The molecule has 19 heavy (non-hydrogen) atoms. The van der Waals surface area contributed by atoms with Crippen molar-refractivity contribution in [3.8, 4) is 5.88 Å². The van der Waals surface area contributed by atoms with Gasteiger partial charge in [0.05, 0.1) is 0 Å². The van der Waals surface area contributed by atoms with E-state index in [1.165, 1.54) is 0 Å². The molecule has 0 saturated heterocycles. The number of carboxylic acids is 1. The summed E-state index contributed by atoms with van der Waals surface area (Å²) in [4.78, 5) is 15.3. The Labute approximate surface area is 111 Å². The Bertz CT molecular complexity index is 581. The van der Waals surface area contributed by atoms with E-state index in [4.69, 9.17) is 4.74 Å². The highest BCUT2D eigenvalue weighted by Crippen LogP contribution is 2.25. The average molecular weight is 257 g/mol. The minimum atomic E-state index is -1.03. The SMILES string of the molecule is Cc1ccnc(OC(C)c2ccccc2)c1C(=O)O. The molecule has 2 rings (SSSR count). The highest BCUT2D eigenvalue weighted by molar-refractivity contribution is 5.91. The predicted molar refractivity (Wildman–Crippen MR) is 71.4 cm³/mol. The molecule has 0 aliphatic heterocycles. The van der Waals surface area contributed by atoms with E-state index < -0.39 is 5.97 Å². The molecule has 4 nitrogen and oxygen atoms in total. The Kier molecular flexibility index (Phi) is 3.80. The van der Waals surface area contributed by atoms with Gasteiger partial charge in [-0.15, -0.1) is 0 Å². The van der Waals surface area contributed by atoms with E-state index in [2.05, 4.69) is 4.98 Å². The third-order valence-corrected chi connectivity index (χ3v) is 2.90. The summed E-state index contributed by atoms with van der Waals surface area (Å²) in [6, 6.07) is 11.3. The van der Waals surface area contributed by atoms with Crippen molar-refractivity contribution >= 4 is 5.97 Å². The van der Waals surface area contributed by atoms with Crippen molar-refractivity contribution in [2.24, 2.45) is 0 Å². The summed E-state index contributed by atoms with van der Waals surface area (Å²) in [5, 5.41) is 9.21. The molecule has 0 aliphatic rings. The van der Waals surface area contributed by atoms with E-state index in [9.17, 15) is 9.90 Å². The maximum atomic E-state index is 11.2. The largest absolute Gasteiger partial charge is 0.477 e. The first-order valence-electron chi connectivity index (χ1n) is 6.00. The van der Waals surface area contributed by atoms with E-state index in [0.717, 1.165) is 5.56 Å². The number of nitrogens with zero attached hydrogens (tertiary/aromatic N) is 1. The number of pyridine rings is 1. The van der Waals surface area contributed by atoms with E-state index in [1.54, 1.807) is 19.2 Å². The van der Waals surface area contributed by atoms with Gasteiger partial charge in [-0.25, -0.2) is 9.78 Å². The maximum absolute atomic E-state index is 11.2. The van der Waals surface area contributed by atoms with E-state index in [1.807, 2.05) is 37.3 Å². The van der Waals surface area contributed by atoms with Crippen molar-refractivity contribution in [1.82, 2.24) is 4.98 Å². The molecule has 0 amide bonds. The van der Waals surface area contributed by atoms with Crippen molar-refractivity contribution in [1.29, 1.82) is 0 Å². The Balaban J connectivity index is 2.29. The first-order valence-corrected chi connectivity index (χ1v) is 6.00. The Morgan fingerprint density at radius 2 is 1.95 bits per heavy atom. The molecular formula is C15H15NO3. The molecule has 0 bridgehead atoms. The van der Waals surface area contributed by atoms with Crippen LogP contribution < -0.4 is 4.74 Å². The lowest BCUT2D eigenvalue weighted by Gasteiger charge is -2.16. The molecular weight excluding hydrogens is 242 g/mol. The summed E-state index contributed by atoms with van der Waals surface area (Å²) < 4.78 is 5.68. The monoisotopic (exact) mass is 257 g/mol. The zero-order valence-corrected chi connectivity index (χ0v) is 10.8. The van der Waals surface area contributed by atoms with Crippen molar-refractivity contribution in [3.63, 3.8) is 0 Å². The quantitative estimate of drug-likeness (QED) is 0.913. The molecule has 0 saturated carbocycles. The molecule has 0 aliphatic carbocycles. The molecule has 4 heteroatoms. The van der Waals surface area contributed by atoms with E-state index in [0.29, 0.717) is 5.56 Å². The lowest BCUT2D eigenvalue weighted by molar-refractivity contribution is 0.0687. The lowest BCUT2D eigenvalue weighted by Crippen LogP contribution is -2.10. The van der Waals surface area contributed by atoms with Crippen molar-refractivity contribution in [2.75, 3.05) is 0 Å². The molecule has 1 N–H and O–H groups in total. The van der Waals surface area contributed by atoms with Gasteiger partial charge >= 0.3 is 5.97 Å². The van der Waals surface area contributed by atoms with Crippen LogP contribution in [0.1, 0.15) is 34.5 Å². The number of benzene rings is 1. The fraction of sp³-hybridized carbons (Fsp3) is 0.200. The van der Waals surface area contributed by atoms with Crippen LogP contribution in [0.5, 0.6) is 5.88 Å². The Hall–Kier alpha value is -2.36. The highest BCUT2D eigenvalue weighted by Gasteiger charge is 2.18. The smallest absolute Gasteiger partial charge is 0.341 e. The van der Waals surface area contributed by atoms with Gasteiger partial charge in [0.15, 0.2) is 0 Å².